The molecule has 6 heteroatoms. The maximum absolute atomic E-state index is 10.0. The molecule has 104 valence electrons. The largest absolute Gasteiger partial charge is 0.507 e. The molecule has 0 radical (unpaired) electrons. The van der Waals surface area contributed by atoms with Gasteiger partial charge in [0.15, 0.2) is 22.7 Å². The molecule has 3 rings (SSSR count). The summed E-state index contributed by atoms with van der Waals surface area (Å²) in [5, 5.41) is 30.6. The number of hydrogen-bond donors (Lipinski definition) is 3. The number of fused-ring (bicyclic) bond motifs is 3. The molecule has 0 aliphatic heterocycles. The number of aromatic hydroxyl groups is 3. The van der Waals surface area contributed by atoms with Gasteiger partial charge < -0.3 is 29.2 Å². The van der Waals surface area contributed by atoms with Gasteiger partial charge in [-0.25, -0.2) is 0 Å². The molecule has 0 aliphatic carbocycles. The van der Waals surface area contributed by atoms with Crippen LogP contribution >= 0.6 is 0 Å². The zero-order valence-electron chi connectivity index (χ0n) is 10.8. The van der Waals surface area contributed by atoms with E-state index in [0.717, 1.165) is 0 Å². The van der Waals surface area contributed by atoms with Crippen molar-refractivity contribution in [3.63, 3.8) is 0 Å². The Morgan fingerprint density at radius 3 is 2.30 bits per heavy atom. The minimum absolute atomic E-state index is 0.0497. The molecule has 0 spiro atoms. The van der Waals surface area contributed by atoms with E-state index in [-0.39, 0.29) is 39.9 Å². The van der Waals surface area contributed by atoms with Gasteiger partial charge in [0.1, 0.15) is 5.75 Å². The maximum Gasteiger partial charge on any atom is 0.208 e. The fourth-order valence-corrected chi connectivity index (χ4v) is 2.27. The summed E-state index contributed by atoms with van der Waals surface area (Å²) in [6.45, 7) is 0. The van der Waals surface area contributed by atoms with Crippen LogP contribution in [0, 0.1) is 0 Å². The summed E-state index contributed by atoms with van der Waals surface area (Å²) in [6, 6.07) is 4.19. The van der Waals surface area contributed by atoms with Crippen molar-refractivity contribution >= 4 is 21.9 Å². The lowest BCUT2D eigenvalue weighted by Gasteiger charge is -2.08. The molecule has 3 N–H and O–H groups in total. The summed E-state index contributed by atoms with van der Waals surface area (Å²) in [7, 11) is 2.78. The van der Waals surface area contributed by atoms with E-state index in [9.17, 15) is 15.3 Å². The van der Waals surface area contributed by atoms with Crippen LogP contribution in [0.1, 0.15) is 0 Å². The molecule has 6 nitrogen and oxygen atoms in total. The van der Waals surface area contributed by atoms with Crippen molar-refractivity contribution in [2.75, 3.05) is 14.2 Å². The van der Waals surface area contributed by atoms with E-state index >= 15 is 0 Å². The molecule has 0 bridgehead atoms. The Balaban J connectivity index is 2.58. The fraction of sp³-hybridized carbons (Fsp3) is 0.143. The summed E-state index contributed by atoms with van der Waals surface area (Å²) in [5.41, 5.74) is 0.337. The SMILES string of the molecule is COc1cc2c(oc3c(O)ccc(O)c32)c(OC)c1O. The Hall–Kier alpha value is -2.76. The predicted molar refractivity (Wildman–Crippen MR) is 71.8 cm³/mol. The molecule has 0 amide bonds. The molecule has 0 fully saturated rings. The van der Waals surface area contributed by atoms with Gasteiger partial charge in [0, 0.05) is 5.39 Å². The van der Waals surface area contributed by atoms with Gasteiger partial charge in [-0.1, -0.05) is 0 Å². The van der Waals surface area contributed by atoms with Gasteiger partial charge in [0.05, 0.1) is 19.6 Å². The van der Waals surface area contributed by atoms with E-state index < -0.39 is 0 Å². The molecule has 1 heterocycles. The monoisotopic (exact) mass is 276 g/mol. The molecule has 20 heavy (non-hydrogen) atoms. The van der Waals surface area contributed by atoms with E-state index in [2.05, 4.69) is 0 Å². The van der Waals surface area contributed by atoms with E-state index in [4.69, 9.17) is 13.9 Å². The highest BCUT2D eigenvalue weighted by Gasteiger charge is 2.22. The Bertz CT molecular complexity index is 818. The average molecular weight is 276 g/mol. The molecule has 0 unspecified atom stereocenters. The van der Waals surface area contributed by atoms with Gasteiger partial charge in [-0.2, -0.15) is 0 Å². The van der Waals surface area contributed by atoms with Gasteiger partial charge in [-0.3, -0.25) is 0 Å². The third-order valence-corrected chi connectivity index (χ3v) is 3.19. The number of hydrogen-bond acceptors (Lipinski definition) is 6. The molecule has 3 aromatic rings. The van der Waals surface area contributed by atoms with Crippen molar-refractivity contribution in [3.8, 4) is 28.7 Å². The molecule has 0 atom stereocenters. The number of rotatable bonds is 2. The standard InChI is InChI=1S/C14H12O6/c1-18-9-5-6-10-7(15)3-4-8(16)13(10)20-12(6)14(19-2)11(9)17/h3-5,15-17H,1-2H3. The second-order valence-corrected chi connectivity index (χ2v) is 4.25. The molecule has 0 saturated carbocycles. The smallest absolute Gasteiger partial charge is 0.208 e. The minimum Gasteiger partial charge on any atom is -0.507 e. The Morgan fingerprint density at radius 2 is 1.65 bits per heavy atom. The van der Waals surface area contributed by atoms with E-state index in [1.165, 1.54) is 32.4 Å². The number of phenolic OH excluding ortho intramolecular Hbond substituents is 3. The highest BCUT2D eigenvalue weighted by atomic mass is 16.5. The fourth-order valence-electron chi connectivity index (χ4n) is 2.27. The zero-order valence-corrected chi connectivity index (χ0v) is 10.8. The maximum atomic E-state index is 10.0. The van der Waals surface area contributed by atoms with Crippen molar-refractivity contribution < 1.29 is 29.2 Å². The van der Waals surface area contributed by atoms with Crippen LogP contribution in [-0.2, 0) is 0 Å². The van der Waals surface area contributed by atoms with Crippen LogP contribution in [-0.4, -0.2) is 29.5 Å². The number of benzene rings is 2. The van der Waals surface area contributed by atoms with Gasteiger partial charge in [0.2, 0.25) is 11.5 Å². The Kier molecular flexibility index (Phi) is 2.53. The second kappa shape index (κ2) is 4.12. The Labute approximate surface area is 113 Å². The topological polar surface area (TPSA) is 92.3 Å². The number of methoxy groups -OCH3 is 2. The van der Waals surface area contributed by atoms with Gasteiger partial charge >= 0.3 is 0 Å². The molecular weight excluding hydrogens is 264 g/mol. The first-order valence-electron chi connectivity index (χ1n) is 5.79. The van der Waals surface area contributed by atoms with Crippen LogP contribution in [0.15, 0.2) is 22.6 Å². The van der Waals surface area contributed by atoms with E-state index in [1.807, 2.05) is 0 Å². The predicted octanol–water partition coefficient (Wildman–Crippen LogP) is 2.72. The van der Waals surface area contributed by atoms with Crippen molar-refractivity contribution in [2.45, 2.75) is 0 Å². The zero-order chi connectivity index (χ0) is 14.4. The highest BCUT2D eigenvalue weighted by Crippen LogP contribution is 2.49. The second-order valence-electron chi connectivity index (χ2n) is 4.25. The van der Waals surface area contributed by atoms with Gasteiger partial charge in [0.25, 0.3) is 0 Å². The third kappa shape index (κ3) is 1.45. The first kappa shape index (κ1) is 12.3. The van der Waals surface area contributed by atoms with Crippen molar-refractivity contribution in [2.24, 2.45) is 0 Å². The van der Waals surface area contributed by atoms with Gasteiger partial charge in [-0.15, -0.1) is 0 Å². The van der Waals surface area contributed by atoms with Crippen LogP contribution in [0.3, 0.4) is 0 Å². The Morgan fingerprint density at radius 1 is 0.950 bits per heavy atom. The number of phenols is 3. The van der Waals surface area contributed by atoms with Crippen LogP contribution in [0.2, 0.25) is 0 Å². The van der Waals surface area contributed by atoms with E-state index in [0.29, 0.717) is 10.8 Å². The van der Waals surface area contributed by atoms with Gasteiger partial charge in [-0.05, 0) is 18.2 Å². The van der Waals surface area contributed by atoms with Crippen molar-refractivity contribution in [1.29, 1.82) is 0 Å². The average Bonchev–Trinajstić information content (AvgIpc) is 2.82. The normalized spacial score (nSPS) is 11.1. The highest BCUT2D eigenvalue weighted by molar-refractivity contribution is 6.12. The van der Waals surface area contributed by atoms with Crippen molar-refractivity contribution in [1.82, 2.24) is 0 Å². The van der Waals surface area contributed by atoms with Crippen LogP contribution < -0.4 is 9.47 Å². The van der Waals surface area contributed by atoms with Crippen LogP contribution in [0.25, 0.3) is 21.9 Å². The summed E-state index contributed by atoms with van der Waals surface area (Å²) >= 11 is 0. The molecule has 2 aromatic carbocycles. The van der Waals surface area contributed by atoms with Crippen LogP contribution in [0.5, 0.6) is 28.7 Å². The quantitative estimate of drug-likeness (QED) is 0.623. The van der Waals surface area contributed by atoms with Crippen LogP contribution in [0.4, 0.5) is 0 Å². The summed E-state index contributed by atoms with van der Waals surface area (Å²) in [5.74, 6) is -0.115. The minimum atomic E-state index is -0.208. The molecule has 1 aromatic heterocycles. The first-order chi connectivity index (χ1) is 9.58. The third-order valence-electron chi connectivity index (χ3n) is 3.19. The lowest BCUT2D eigenvalue weighted by molar-refractivity contribution is 0.340. The molecule has 0 aliphatic rings. The summed E-state index contributed by atoms with van der Waals surface area (Å²) in [6.07, 6.45) is 0. The lowest BCUT2D eigenvalue weighted by atomic mass is 10.1. The molecular formula is C14H12O6. The number of furan rings is 1. The number of ether oxygens (including phenoxy) is 2. The van der Waals surface area contributed by atoms with Crippen molar-refractivity contribution in [3.05, 3.63) is 18.2 Å². The lowest BCUT2D eigenvalue weighted by Crippen LogP contribution is -1.89. The molecule has 0 saturated heterocycles. The summed E-state index contributed by atoms with van der Waals surface area (Å²) < 4.78 is 15.7. The first-order valence-corrected chi connectivity index (χ1v) is 5.79. The van der Waals surface area contributed by atoms with E-state index in [1.54, 1.807) is 0 Å². The summed E-state index contributed by atoms with van der Waals surface area (Å²) in [4.78, 5) is 0.